The van der Waals surface area contributed by atoms with Gasteiger partial charge < -0.3 is 10.2 Å². The minimum atomic E-state index is -0.256. The summed E-state index contributed by atoms with van der Waals surface area (Å²) in [5, 5.41) is 20.2. The molecule has 1 spiro atoms. The van der Waals surface area contributed by atoms with Crippen molar-refractivity contribution in [1.82, 2.24) is 0 Å². The van der Waals surface area contributed by atoms with E-state index in [9.17, 15) is 10.2 Å². The van der Waals surface area contributed by atoms with Crippen LogP contribution < -0.4 is 0 Å². The highest BCUT2D eigenvalue weighted by atomic mass is 16.3. The van der Waals surface area contributed by atoms with E-state index in [-0.39, 0.29) is 17.6 Å². The zero-order valence-electron chi connectivity index (χ0n) is 9.08. The molecule has 0 aromatic heterocycles. The Bertz CT molecular complexity index is 198. The van der Waals surface area contributed by atoms with Gasteiger partial charge in [0.15, 0.2) is 0 Å². The van der Waals surface area contributed by atoms with Crippen LogP contribution in [0, 0.1) is 11.3 Å². The van der Waals surface area contributed by atoms with Crippen molar-refractivity contribution in [3.63, 3.8) is 0 Å². The maximum atomic E-state index is 10.1. The lowest BCUT2D eigenvalue weighted by Crippen LogP contribution is -2.50. The summed E-state index contributed by atoms with van der Waals surface area (Å²) in [5.74, 6) is 0.672. The van der Waals surface area contributed by atoms with E-state index in [4.69, 9.17) is 0 Å². The topological polar surface area (TPSA) is 40.5 Å². The van der Waals surface area contributed by atoms with Gasteiger partial charge in [-0.3, -0.25) is 0 Å². The van der Waals surface area contributed by atoms with Crippen molar-refractivity contribution in [2.75, 3.05) is 0 Å². The molecule has 0 radical (unpaired) electrons. The maximum absolute atomic E-state index is 10.1. The third-order valence-corrected chi connectivity index (χ3v) is 4.36. The van der Waals surface area contributed by atoms with E-state index in [0.717, 1.165) is 38.5 Å². The predicted octanol–water partition coefficient (Wildman–Crippen LogP) is 2.09. The summed E-state index contributed by atoms with van der Waals surface area (Å²) < 4.78 is 0. The van der Waals surface area contributed by atoms with E-state index in [2.05, 4.69) is 6.92 Å². The standard InChI is InChI=1S/C12H22O2/c1-9-5-6-11(14)12(8-9)7-3-2-4-10(12)13/h9-11,13-14H,2-8H2,1H3. The smallest absolute Gasteiger partial charge is 0.0621 e. The molecule has 82 valence electrons. The summed E-state index contributed by atoms with van der Waals surface area (Å²) in [4.78, 5) is 0. The molecule has 2 saturated carbocycles. The summed E-state index contributed by atoms with van der Waals surface area (Å²) in [5.41, 5.74) is -0.143. The molecule has 0 heterocycles. The molecule has 0 saturated heterocycles. The van der Waals surface area contributed by atoms with Crippen molar-refractivity contribution < 1.29 is 10.2 Å². The molecule has 4 unspecified atom stereocenters. The van der Waals surface area contributed by atoms with Crippen LogP contribution in [0.1, 0.15) is 51.9 Å². The fourth-order valence-corrected chi connectivity index (χ4v) is 3.49. The van der Waals surface area contributed by atoms with Crippen molar-refractivity contribution >= 4 is 0 Å². The number of hydrogen-bond donors (Lipinski definition) is 2. The number of aliphatic hydroxyl groups is 2. The summed E-state index contributed by atoms with van der Waals surface area (Å²) >= 11 is 0. The molecule has 2 aliphatic carbocycles. The average Bonchev–Trinajstić information content (AvgIpc) is 2.17. The summed E-state index contributed by atoms with van der Waals surface area (Å²) in [7, 11) is 0. The highest BCUT2D eigenvalue weighted by Crippen LogP contribution is 2.49. The first-order valence-corrected chi connectivity index (χ1v) is 6.01. The number of rotatable bonds is 0. The Morgan fingerprint density at radius 1 is 1.00 bits per heavy atom. The van der Waals surface area contributed by atoms with Gasteiger partial charge >= 0.3 is 0 Å². The maximum Gasteiger partial charge on any atom is 0.0621 e. The first-order chi connectivity index (χ1) is 6.65. The average molecular weight is 198 g/mol. The fraction of sp³-hybridized carbons (Fsp3) is 1.00. The van der Waals surface area contributed by atoms with Gasteiger partial charge in [-0.1, -0.05) is 19.8 Å². The Morgan fingerprint density at radius 2 is 1.71 bits per heavy atom. The van der Waals surface area contributed by atoms with E-state index in [0.29, 0.717) is 5.92 Å². The van der Waals surface area contributed by atoms with Crippen LogP contribution in [0.4, 0.5) is 0 Å². The lowest BCUT2D eigenvalue weighted by atomic mass is 9.60. The Hall–Kier alpha value is -0.0800. The van der Waals surface area contributed by atoms with Crippen molar-refractivity contribution in [2.24, 2.45) is 11.3 Å². The second-order valence-corrected chi connectivity index (χ2v) is 5.40. The molecule has 0 aromatic carbocycles. The van der Waals surface area contributed by atoms with Crippen molar-refractivity contribution in [3.05, 3.63) is 0 Å². The van der Waals surface area contributed by atoms with Gasteiger partial charge in [-0.25, -0.2) is 0 Å². The lowest BCUT2D eigenvalue weighted by molar-refractivity contribution is -0.126. The van der Waals surface area contributed by atoms with Crippen LogP contribution >= 0.6 is 0 Å². The van der Waals surface area contributed by atoms with Crippen LogP contribution in [-0.4, -0.2) is 22.4 Å². The Morgan fingerprint density at radius 3 is 2.43 bits per heavy atom. The van der Waals surface area contributed by atoms with Crippen molar-refractivity contribution in [2.45, 2.75) is 64.1 Å². The first kappa shape index (κ1) is 10.4. The molecule has 2 rings (SSSR count). The molecule has 0 aromatic rings. The van der Waals surface area contributed by atoms with Gasteiger partial charge in [0.2, 0.25) is 0 Å². The van der Waals surface area contributed by atoms with E-state index in [1.807, 2.05) is 0 Å². The van der Waals surface area contributed by atoms with Gasteiger partial charge in [0.25, 0.3) is 0 Å². The predicted molar refractivity (Wildman–Crippen MR) is 55.9 cm³/mol. The SMILES string of the molecule is CC1CCC(O)C2(CCCCC2O)C1. The minimum absolute atomic E-state index is 0.143. The molecular formula is C12H22O2. The molecule has 2 heteroatoms. The third kappa shape index (κ3) is 1.59. The van der Waals surface area contributed by atoms with E-state index >= 15 is 0 Å². The number of aliphatic hydroxyl groups excluding tert-OH is 2. The zero-order valence-corrected chi connectivity index (χ0v) is 9.08. The zero-order chi connectivity index (χ0) is 10.2. The highest BCUT2D eigenvalue weighted by molar-refractivity contribution is 4.98. The lowest BCUT2D eigenvalue weighted by Gasteiger charge is -2.49. The molecule has 4 atom stereocenters. The second kappa shape index (κ2) is 3.82. The molecule has 2 fully saturated rings. The van der Waals surface area contributed by atoms with Crippen molar-refractivity contribution in [3.8, 4) is 0 Å². The largest absolute Gasteiger partial charge is 0.392 e. The molecule has 0 aliphatic heterocycles. The van der Waals surface area contributed by atoms with Gasteiger partial charge in [0, 0.05) is 5.41 Å². The van der Waals surface area contributed by atoms with E-state index in [1.54, 1.807) is 0 Å². The van der Waals surface area contributed by atoms with Crippen LogP contribution in [0.2, 0.25) is 0 Å². The number of hydrogen-bond acceptors (Lipinski definition) is 2. The quantitative estimate of drug-likeness (QED) is 0.625. The fourth-order valence-electron chi connectivity index (χ4n) is 3.49. The van der Waals surface area contributed by atoms with Crippen LogP contribution in [0.15, 0.2) is 0 Å². The third-order valence-electron chi connectivity index (χ3n) is 4.36. The monoisotopic (exact) mass is 198 g/mol. The Kier molecular flexibility index (Phi) is 2.85. The molecule has 2 nitrogen and oxygen atoms in total. The highest BCUT2D eigenvalue weighted by Gasteiger charge is 2.48. The van der Waals surface area contributed by atoms with Gasteiger partial charge in [-0.2, -0.15) is 0 Å². The summed E-state index contributed by atoms with van der Waals surface area (Å²) in [6.07, 6.45) is 6.75. The first-order valence-electron chi connectivity index (χ1n) is 6.01. The molecule has 2 N–H and O–H groups in total. The van der Waals surface area contributed by atoms with Crippen LogP contribution in [-0.2, 0) is 0 Å². The Balaban J connectivity index is 2.16. The molecule has 0 bridgehead atoms. The second-order valence-electron chi connectivity index (χ2n) is 5.40. The normalized spacial score (nSPS) is 49.5. The van der Waals surface area contributed by atoms with Crippen LogP contribution in [0.25, 0.3) is 0 Å². The molecule has 14 heavy (non-hydrogen) atoms. The summed E-state index contributed by atoms with van der Waals surface area (Å²) in [6, 6.07) is 0. The van der Waals surface area contributed by atoms with Crippen molar-refractivity contribution in [1.29, 1.82) is 0 Å². The van der Waals surface area contributed by atoms with Crippen LogP contribution in [0.3, 0.4) is 0 Å². The van der Waals surface area contributed by atoms with E-state index in [1.165, 1.54) is 6.42 Å². The Labute approximate surface area is 86.3 Å². The molecule has 0 amide bonds. The van der Waals surface area contributed by atoms with Gasteiger partial charge in [0.1, 0.15) is 0 Å². The van der Waals surface area contributed by atoms with E-state index < -0.39 is 0 Å². The minimum Gasteiger partial charge on any atom is -0.392 e. The van der Waals surface area contributed by atoms with Crippen LogP contribution in [0.5, 0.6) is 0 Å². The summed E-state index contributed by atoms with van der Waals surface area (Å²) in [6.45, 7) is 2.24. The molecular weight excluding hydrogens is 176 g/mol. The van der Waals surface area contributed by atoms with Gasteiger partial charge in [-0.05, 0) is 38.0 Å². The van der Waals surface area contributed by atoms with Gasteiger partial charge in [0.05, 0.1) is 12.2 Å². The molecule has 2 aliphatic rings. The van der Waals surface area contributed by atoms with Gasteiger partial charge in [-0.15, -0.1) is 0 Å².